The number of methoxy groups -OCH3 is 2. The van der Waals surface area contributed by atoms with Gasteiger partial charge in [0.1, 0.15) is 17.3 Å². The van der Waals surface area contributed by atoms with Crippen LogP contribution in [0.15, 0.2) is 36.4 Å². The van der Waals surface area contributed by atoms with Gasteiger partial charge in [0.15, 0.2) is 5.11 Å². The van der Waals surface area contributed by atoms with Gasteiger partial charge in [-0.05, 0) is 42.5 Å². The Morgan fingerprint density at radius 2 is 1.77 bits per heavy atom. The minimum Gasteiger partial charge on any atom is -0.497 e. The van der Waals surface area contributed by atoms with E-state index in [0.717, 1.165) is 0 Å². The van der Waals surface area contributed by atoms with E-state index in [1.165, 1.54) is 18.2 Å². The normalized spacial score (nSPS) is 10.0. The lowest BCUT2D eigenvalue weighted by Gasteiger charge is -2.15. The Labute approximate surface area is 138 Å². The molecule has 2 rings (SSSR count). The van der Waals surface area contributed by atoms with Gasteiger partial charge in [-0.15, -0.1) is 0 Å². The van der Waals surface area contributed by atoms with Gasteiger partial charge < -0.3 is 20.1 Å². The molecule has 0 amide bonds. The second-order valence-electron chi connectivity index (χ2n) is 4.27. The van der Waals surface area contributed by atoms with Crippen molar-refractivity contribution < 1.29 is 13.9 Å². The first kappa shape index (κ1) is 16.3. The molecule has 116 valence electrons. The number of hydrogen-bond acceptors (Lipinski definition) is 3. The van der Waals surface area contributed by atoms with Crippen LogP contribution in [0.5, 0.6) is 11.5 Å². The van der Waals surface area contributed by atoms with Gasteiger partial charge in [0.25, 0.3) is 0 Å². The Hall–Kier alpha value is -2.05. The summed E-state index contributed by atoms with van der Waals surface area (Å²) in [5.41, 5.74) is 1.14. The molecule has 0 saturated heterocycles. The van der Waals surface area contributed by atoms with Crippen molar-refractivity contribution in [3.8, 4) is 11.5 Å². The van der Waals surface area contributed by atoms with Gasteiger partial charge in [0, 0.05) is 6.07 Å². The number of hydrogen-bond donors (Lipinski definition) is 2. The van der Waals surface area contributed by atoms with Crippen molar-refractivity contribution in [1.29, 1.82) is 0 Å². The van der Waals surface area contributed by atoms with Crippen molar-refractivity contribution in [2.75, 3.05) is 24.9 Å². The molecule has 0 unspecified atom stereocenters. The summed E-state index contributed by atoms with van der Waals surface area (Å²) in [4.78, 5) is 0. The molecule has 0 aliphatic rings. The first-order valence-electron chi connectivity index (χ1n) is 6.28. The number of thiocarbonyl (C=S) groups is 1. The molecule has 7 heteroatoms. The van der Waals surface area contributed by atoms with Gasteiger partial charge in [-0.2, -0.15) is 0 Å². The quantitative estimate of drug-likeness (QED) is 0.812. The van der Waals surface area contributed by atoms with E-state index >= 15 is 0 Å². The molecule has 0 aliphatic carbocycles. The Balaban J connectivity index is 2.14. The van der Waals surface area contributed by atoms with E-state index in [2.05, 4.69) is 10.6 Å². The fraction of sp³-hybridized carbons (Fsp3) is 0.133. The maximum absolute atomic E-state index is 13.0. The highest BCUT2D eigenvalue weighted by atomic mass is 35.5. The lowest BCUT2D eigenvalue weighted by Crippen LogP contribution is -2.19. The van der Waals surface area contributed by atoms with Crippen molar-refractivity contribution in [3.05, 3.63) is 47.2 Å². The monoisotopic (exact) mass is 340 g/mol. The Morgan fingerprint density at radius 3 is 2.41 bits per heavy atom. The van der Waals surface area contributed by atoms with Gasteiger partial charge in [-0.25, -0.2) is 4.39 Å². The highest BCUT2D eigenvalue weighted by Gasteiger charge is 2.09. The molecular weight excluding hydrogens is 327 g/mol. The Kier molecular flexibility index (Phi) is 5.41. The predicted octanol–water partition coefficient (Wildman–Crippen LogP) is 4.31. The molecule has 2 aromatic carbocycles. The highest BCUT2D eigenvalue weighted by molar-refractivity contribution is 7.80. The Morgan fingerprint density at radius 1 is 1.05 bits per heavy atom. The number of anilines is 2. The summed E-state index contributed by atoms with van der Waals surface area (Å²) in [5, 5.41) is 6.42. The molecule has 0 bridgehead atoms. The van der Waals surface area contributed by atoms with Crippen molar-refractivity contribution in [1.82, 2.24) is 0 Å². The summed E-state index contributed by atoms with van der Waals surface area (Å²) < 4.78 is 23.4. The SMILES string of the molecule is COc1ccc(OC)c(NC(=S)Nc2ccc(F)cc2Cl)c1. The molecular formula is C15H14ClFN2O2S. The van der Waals surface area contributed by atoms with E-state index in [1.54, 1.807) is 32.4 Å². The van der Waals surface area contributed by atoms with Crippen LogP contribution in [0.4, 0.5) is 15.8 Å². The van der Waals surface area contributed by atoms with E-state index in [1.807, 2.05) is 0 Å². The summed E-state index contributed by atoms with van der Waals surface area (Å²) >= 11 is 11.2. The first-order valence-corrected chi connectivity index (χ1v) is 7.07. The zero-order valence-corrected chi connectivity index (χ0v) is 13.5. The molecule has 0 atom stereocenters. The highest BCUT2D eigenvalue weighted by Crippen LogP contribution is 2.29. The summed E-state index contributed by atoms with van der Waals surface area (Å²) in [6, 6.07) is 9.29. The summed E-state index contributed by atoms with van der Waals surface area (Å²) in [7, 11) is 3.13. The van der Waals surface area contributed by atoms with Gasteiger partial charge in [0.2, 0.25) is 0 Å². The Bertz CT molecular complexity index is 697. The summed E-state index contributed by atoms with van der Waals surface area (Å²) in [6.07, 6.45) is 0. The molecule has 0 radical (unpaired) electrons. The number of rotatable bonds is 4. The topological polar surface area (TPSA) is 42.5 Å². The van der Waals surface area contributed by atoms with Crippen LogP contribution in [0.3, 0.4) is 0 Å². The number of halogens is 2. The summed E-state index contributed by atoms with van der Waals surface area (Å²) in [6.45, 7) is 0. The summed E-state index contributed by atoms with van der Waals surface area (Å²) in [5.74, 6) is 0.852. The first-order chi connectivity index (χ1) is 10.5. The van der Waals surface area contributed by atoms with E-state index in [0.29, 0.717) is 28.0 Å². The van der Waals surface area contributed by atoms with Crippen molar-refractivity contribution in [2.45, 2.75) is 0 Å². The van der Waals surface area contributed by atoms with Gasteiger partial charge >= 0.3 is 0 Å². The van der Waals surface area contributed by atoms with Crippen molar-refractivity contribution in [3.63, 3.8) is 0 Å². The predicted molar refractivity (Wildman–Crippen MR) is 90.8 cm³/mol. The maximum Gasteiger partial charge on any atom is 0.175 e. The van der Waals surface area contributed by atoms with Crippen LogP contribution in [-0.4, -0.2) is 19.3 Å². The number of ether oxygens (including phenoxy) is 2. The van der Waals surface area contributed by atoms with Crippen LogP contribution in [0, 0.1) is 5.82 Å². The van der Waals surface area contributed by atoms with Gasteiger partial charge in [-0.1, -0.05) is 11.6 Å². The average molecular weight is 341 g/mol. The minimum atomic E-state index is -0.413. The molecule has 0 aliphatic heterocycles. The van der Waals surface area contributed by atoms with Crippen LogP contribution < -0.4 is 20.1 Å². The van der Waals surface area contributed by atoms with Crippen LogP contribution in [0.2, 0.25) is 5.02 Å². The molecule has 0 spiro atoms. The third-order valence-corrected chi connectivity index (χ3v) is 3.35. The van der Waals surface area contributed by atoms with E-state index in [-0.39, 0.29) is 5.02 Å². The molecule has 2 aromatic rings. The lowest BCUT2D eigenvalue weighted by atomic mass is 10.2. The van der Waals surface area contributed by atoms with Crippen LogP contribution >= 0.6 is 23.8 Å². The average Bonchev–Trinajstić information content (AvgIpc) is 2.50. The fourth-order valence-corrected chi connectivity index (χ4v) is 2.21. The molecule has 0 fully saturated rings. The zero-order chi connectivity index (χ0) is 16.1. The third kappa shape index (κ3) is 3.99. The molecule has 0 saturated carbocycles. The van der Waals surface area contributed by atoms with Gasteiger partial charge in [-0.3, -0.25) is 0 Å². The van der Waals surface area contributed by atoms with E-state index in [4.69, 9.17) is 33.3 Å². The fourth-order valence-electron chi connectivity index (χ4n) is 1.78. The minimum absolute atomic E-state index is 0.238. The van der Waals surface area contributed by atoms with Crippen molar-refractivity contribution >= 4 is 40.3 Å². The number of benzene rings is 2. The van der Waals surface area contributed by atoms with E-state index < -0.39 is 5.82 Å². The second-order valence-corrected chi connectivity index (χ2v) is 5.08. The van der Waals surface area contributed by atoms with Crippen LogP contribution in [0.25, 0.3) is 0 Å². The van der Waals surface area contributed by atoms with Crippen LogP contribution in [-0.2, 0) is 0 Å². The molecule has 4 nitrogen and oxygen atoms in total. The smallest absolute Gasteiger partial charge is 0.175 e. The van der Waals surface area contributed by atoms with E-state index in [9.17, 15) is 4.39 Å². The standard InChI is InChI=1S/C15H14ClFN2O2S/c1-20-10-4-6-14(21-2)13(8-10)19-15(22)18-12-5-3-9(17)7-11(12)16/h3-8H,1-2H3,(H2,18,19,22). The maximum atomic E-state index is 13.0. The molecule has 2 N–H and O–H groups in total. The lowest BCUT2D eigenvalue weighted by molar-refractivity contribution is 0.405. The molecule has 22 heavy (non-hydrogen) atoms. The van der Waals surface area contributed by atoms with Crippen LogP contribution in [0.1, 0.15) is 0 Å². The zero-order valence-electron chi connectivity index (χ0n) is 11.9. The van der Waals surface area contributed by atoms with Gasteiger partial charge in [0.05, 0.1) is 30.6 Å². The second kappa shape index (κ2) is 7.29. The molecule has 0 heterocycles. The number of nitrogens with one attached hydrogen (secondary N) is 2. The third-order valence-electron chi connectivity index (χ3n) is 2.83. The largest absolute Gasteiger partial charge is 0.497 e. The van der Waals surface area contributed by atoms with Crippen molar-refractivity contribution in [2.24, 2.45) is 0 Å². The molecule has 0 aromatic heterocycles.